The molecule has 0 bridgehead atoms. The van der Waals surface area contributed by atoms with Crippen molar-refractivity contribution in [3.05, 3.63) is 64.2 Å². The van der Waals surface area contributed by atoms with E-state index in [0.717, 1.165) is 17.7 Å². The molecule has 0 amide bonds. The summed E-state index contributed by atoms with van der Waals surface area (Å²) in [6, 6.07) is 12.6. The largest absolute Gasteiger partial charge is 0.490 e. The van der Waals surface area contributed by atoms with E-state index in [1.54, 1.807) is 0 Å². The van der Waals surface area contributed by atoms with Gasteiger partial charge in [0.05, 0.1) is 6.04 Å². The zero-order valence-electron chi connectivity index (χ0n) is 12.3. The summed E-state index contributed by atoms with van der Waals surface area (Å²) in [7, 11) is 0. The van der Waals surface area contributed by atoms with Gasteiger partial charge in [-0.05, 0) is 54.7 Å². The standard InChI is InChI=1S/C18H21NO/c1-11-5-4-6-16(13(11)3)18(19)14-7-8-17-15(10-14)9-12(2)20-17/h4-8,10,12,18H,9,19H2,1-3H3. The molecule has 0 fully saturated rings. The van der Waals surface area contributed by atoms with Crippen molar-refractivity contribution >= 4 is 0 Å². The Morgan fingerprint density at radius 1 is 1.20 bits per heavy atom. The van der Waals surface area contributed by atoms with Crippen LogP contribution in [0.3, 0.4) is 0 Å². The summed E-state index contributed by atoms with van der Waals surface area (Å²) in [6.07, 6.45) is 1.25. The molecule has 104 valence electrons. The van der Waals surface area contributed by atoms with E-state index in [9.17, 15) is 0 Å². The Bertz CT molecular complexity index is 648. The van der Waals surface area contributed by atoms with Gasteiger partial charge in [0.2, 0.25) is 0 Å². The van der Waals surface area contributed by atoms with E-state index in [1.807, 2.05) is 0 Å². The molecule has 2 heteroatoms. The first-order chi connectivity index (χ1) is 9.56. The van der Waals surface area contributed by atoms with Gasteiger partial charge in [-0.2, -0.15) is 0 Å². The van der Waals surface area contributed by atoms with Gasteiger partial charge in [-0.25, -0.2) is 0 Å². The molecule has 2 N–H and O–H groups in total. The lowest BCUT2D eigenvalue weighted by atomic mass is 9.92. The van der Waals surface area contributed by atoms with Crippen LogP contribution in [0.25, 0.3) is 0 Å². The van der Waals surface area contributed by atoms with E-state index in [0.29, 0.717) is 0 Å². The number of ether oxygens (including phenoxy) is 1. The molecule has 2 aromatic rings. The summed E-state index contributed by atoms with van der Waals surface area (Å²) in [5, 5.41) is 0. The van der Waals surface area contributed by atoms with E-state index in [1.165, 1.54) is 22.3 Å². The fourth-order valence-electron chi connectivity index (χ4n) is 2.93. The van der Waals surface area contributed by atoms with Crippen molar-refractivity contribution in [2.75, 3.05) is 0 Å². The summed E-state index contributed by atoms with van der Waals surface area (Å²) >= 11 is 0. The van der Waals surface area contributed by atoms with Crippen LogP contribution in [0.4, 0.5) is 0 Å². The summed E-state index contributed by atoms with van der Waals surface area (Å²) in [6.45, 7) is 6.37. The first-order valence-electron chi connectivity index (χ1n) is 7.17. The predicted molar refractivity (Wildman–Crippen MR) is 82.2 cm³/mol. The first-order valence-corrected chi connectivity index (χ1v) is 7.17. The van der Waals surface area contributed by atoms with Gasteiger partial charge in [0.15, 0.2) is 0 Å². The molecule has 20 heavy (non-hydrogen) atoms. The molecule has 2 nitrogen and oxygen atoms in total. The Labute approximate surface area is 120 Å². The minimum Gasteiger partial charge on any atom is -0.490 e. The van der Waals surface area contributed by atoms with Gasteiger partial charge in [0, 0.05) is 6.42 Å². The minimum atomic E-state index is -0.0730. The zero-order chi connectivity index (χ0) is 14.3. The van der Waals surface area contributed by atoms with Gasteiger partial charge in [-0.1, -0.05) is 30.3 Å². The van der Waals surface area contributed by atoms with E-state index in [-0.39, 0.29) is 12.1 Å². The highest BCUT2D eigenvalue weighted by atomic mass is 16.5. The fourth-order valence-corrected chi connectivity index (χ4v) is 2.93. The minimum absolute atomic E-state index is 0.0730. The molecule has 1 heterocycles. The summed E-state index contributed by atoms with van der Waals surface area (Å²) < 4.78 is 5.75. The van der Waals surface area contributed by atoms with Gasteiger partial charge in [-0.3, -0.25) is 0 Å². The quantitative estimate of drug-likeness (QED) is 0.901. The molecule has 2 unspecified atom stereocenters. The van der Waals surface area contributed by atoms with Crippen molar-refractivity contribution in [2.45, 2.75) is 39.3 Å². The molecular weight excluding hydrogens is 246 g/mol. The number of aryl methyl sites for hydroxylation is 1. The lowest BCUT2D eigenvalue weighted by Gasteiger charge is -2.17. The second-order valence-electron chi connectivity index (χ2n) is 5.77. The molecule has 0 saturated heterocycles. The third kappa shape index (κ3) is 2.20. The Morgan fingerprint density at radius 3 is 2.80 bits per heavy atom. The van der Waals surface area contributed by atoms with Crippen LogP contribution >= 0.6 is 0 Å². The zero-order valence-corrected chi connectivity index (χ0v) is 12.3. The van der Waals surface area contributed by atoms with Crippen LogP contribution in [0.15, 0.2) is 36.4 Å². The van der Waals surface area contributed by atoms with Crippen LogP contribution in [0.2, 0.25) is 0 Å². The van der Waals surface area contributed by atoms with E-state index < -0.39 is 0 Å². The number of hydrogen-bond acceptors (Lipinski definition) is 2. The number of rotatable bonds is 2. The van der Waals surface area contributed by atoms with Crippen LogP contribution in [-0.4, -0.2) is 6.10 Å². The summed E-state index contributed by atoms with van der Waals surface area (Å²) in [4.78, 5) is 0. The molecule has 1 aliphatic heterocycles. The normalized spacial score (nSPS) is 18.5. The van der Waals surface area contributed by atoms with Crippen LogP contribution in [0.5, 0.6) is 5.75 Å². The topological polar surface area (TPSA) is 35.2 Å². The third-order valence-electron chi connectivity index (χ3n) is 4.26. The maximum atomic E-state index is 6.47. The Balaban J connectivity index is 1.97. The summed E-state index contributed by atoms with van der Waals surface area (Å²) in [5.74, 6) is 1.01. The number of benzene rings is 2. The second kappa shape index (κ2) is 4.95. The highest BCUT2D eigenvalue weighted by Gasteiger charge is 2.21. The molecule has 1 aliphatic rings. The Morgan fingerprint density at radius 2 is 2.00 bits per heavy atom. The van der Waals surface area contributed by atoms with Crippen LogP contribution in [0, 0.1) is 13.8 Å². The molecule has 2 aromatic carbocycles. The number of nitrogens with two attached hydrogens (primary N) is 1. The fraction of sp³-hybridized carbons (Fsp3) is 0.333. The first kappa shape index (κ1) is 13.2. The Kier molecular flexibility index (Phi) is 3.27. The van der Waals surface area contributed by atoms with Gasteiger partial charge >= 0.3 is 0 Å². The van der Waals surface area contributed by atoms with Crippen LogP contribution < -0.4 is 10.5 Å². The van der Waals surface area contributed by atoms with Crippen molar-refractivity contribution in [1.82, 2.24) is 0 Å². The predicted octanol–water partition coefficient (Wildman–Crippen LogP) is 3.67. The average Bonchev–Trinajstić information content (AvgIpc) is 2.80. The number of hydrogen-bond donors (Lipinski definition) is 1. The average molecular weight is 267 g/mol. The molecule has 0 aromatic heterocycles. The second-order valence-corrected chi connectivity index (χ2v) is 5.77. The summed E-state index contributed by atoms with van der Waals surface area (Å²) in [5.41, 5.74) is 12.7. The Hall–Kier alpha value is -1.80. The van der Waals surface area contributed by atoms with Crippen molar-refractivity contribution in [2.24, 2.45) is 5.73 Å². The molecule has 2 atom stereocenters. The van der Waals surface area contributed by atoms with Gasteiger partial charge in [0.1, 0.15) is 11.9 Å². The molecule has 0 radical (unpaired) electrons. The van der Waals surface area contributed by atoms with Gasteiger partial charge < -0.3 is 10.5 Å². The van der Waals surface area contributed by atoms with Crippen LogP contribution in [-0.2, 0) is 6.42 Å². The lowest BCUT2D eigenvalue weighted by molar-refractivity contribution is 0.254. The van der Waals surface area contributed by atoms with Gasteiger partial charge in [0.25, 0.3) is 0 Å². The van der Waals surface area contributed by atoms with Crippen LogP contribution in [0.1, 0.15) is 40.8 Å². The monoisotopic (exact) mass is 267 g/mol. The van der Waals surface area contributed by atoms with Crippen molar-refractivity contribution in [3.63, 3.8) is 0 Å². The van der Waals surface area contributed by atoms with Crippen molar-refractivity contribution in [3.8, 4) is 5.75 Å². The highest BCUT2D eigenvalue weighted by Crippen LogP contribution is 2.33. The number of fused-ring (bicyclic) bond motifs is 1. The molecule has 0 aliphatic carbocycles. The molecule has 3 rings (SSSR count). The third-order valence-corrected chi connectivity index (χ3v) is 4.26. The maximum Gasteiger partial charge on any atom is 0.123 e. The van der Waals surface area contributed by atoms with Crippen molar-refractivity contribution < 1.29 is 4.74 Å². The smallest absolute Gasteiger partial charge is 0.123 e. The van der Waals surface area contributed by atoms with E-state index >= 15 is 0 Å². The molecular formula is C18H21NO. The highest BCUT2D eigenvalue weighted by molar-refractivity contribution is 5.46. The SMILES string of the molecule is Cc1cccc(C(N)c2ccc3c(c2)CC(C)O3)c1C. The molecule has 0 saturated carbocycles. The van der Waals surface area contributed by atoms with Gasteiger partial charge in [-0.15, -0.1) is 0 Å². The van der Waals surface area contributed by atoms with Crippen molar-refractivity contribution in [1.29, 1.82) is 0 Å². The maximum absolute atomic E-state index is 6.47. The van der Waals surface area contributed by atoms with E-state index in [4.69, 9.17) is 10.5 Å². The lowest BCUT2D eigenvalue weighted by Crippen LogP contribution is -2.14. The molecule has 0 spiro atoms. The van der Waals surface area contributed by atoms with E-state index in [2.05, 4.69) is 57.2 Å².